The quantitative estimate of drug-likeness (QED) is 0.659. The van der Waals surface area contributed by atoms with Gasteiger partial charge in [-0.15, -0.1) is 24.8 Å². The predicted molar refractivity (Wildman–Crippen MR) is 121 cm³/mol. The van der Waals surface area contributed by atoms with Gasteiger partial charge in [0.25, 0.3) is 5.91 Å². The summed E-state index contributed by atoms with van der Waals surface area (Å²) in [6, 6.07) is 12.0. The first-order chi connectivity index (χ1) is 13.0. The van der Waals surface area contributed by atoms with Crippen LogP contribution in [0.3, 0.4) is 0 Å². The second-order valence-electron chi connectivity index (χ2n) is 7.38. The van der Waals surface area contributed by atoms with Gasteiger partial charge in [-0.05, 0) is 31.9 Å². The van der Waals surface area contributed by atoms with Crippen LogP contribution in [0.15, 0.2) is 36.4 Å². The minimum absolute atomic E-state index is 0. The summed E-state index contributed by atoms with van der Waals surface area (Å²) in [6.45, 7) is 5.93. The number of hydrogen-bond acceptors (Lipinski definition) is 4. The molecule has 0 radical (unpaired) electrons. The molecule has 0 bridgehead atoms. The van der Waals surface area contributed by atoms with Crippen molar-refractivity contribution >= 4 is 41.8 Å². The average Bonchev–Trinajstić information content (AvgIpc) is 2.97. The molecule has 2 atom stereocenters. The highest BCUT2D eigenvalue weighted by molar-refractivity contribution is 6.07. The van der Waals surface area contributed by atoms with E-state index in [-0.39, 0.29) is 36.8 Å². The lowest BCUT2D eigenvalue weighted by Gasteiger charge is -2.30. The molecule has 1 fully saturated rings. The number of piperidine rings is 1. The Hall–Kier alpha value is -2.15. The molecule has 1 aliphatic heterocycles. The number of carbonyl (C=O) groups is 1. The van der Waals surface area contributed by atoms with Gasteiger partial charge in [-0.1, -0.05) is 37.3 Å². The summed E-state index contributed by atoms with van der Waals surface area (Å²) in [6.07, 6.45) is 1.07. The van der Waals surface area contributed by atoms with E-state index < -0.39 is 0 Å². The zero-order valence-electron chi connectivity index (χ0n) is 16.8. The molecule has 0 spiro atoms. The fraction of sp³-hybridized carbons (Fsp3) is 0.381. The smallest absolute Gasteiger partial charge is 0.252 e. The van der Waals surface area contributed by atoms with E-state index in [0.29, 0.717) is 11.5 Å². The molecule has 2 unspecified atom stereocenters. The Morgan fingerprint density at radius 3 is 2.66 bits per heavy atom. The number of aromatic nitrogens is 3. The minimum Gasteiger partial charge on any atom is -0.348 e. The zero-order chi connectivity index (χ0) is 19.0. The minimum atomic E-state index is -0.0590. The number of carbonyl (C=O) groups excluding carboxylic acids is 1. The highest BCUT2D eigenvalue weighted by Crippen LogP contribution is 2.27. The molecule has 6 nitrogen and oxygen atoms in total. The summed E-state index contributed by atoms with van der Waals surface area (Å²) in [5.74, 6) is 0.396. The number of amides is 1. The first kappa shape index (κ1) is 23.1. The van der Waals surface area contributed by atoms with Gasteiger partial charge in [0.2, 0.25) is 0 Å². The van der Waals surface area contributed by atoms with Gasteiger partial charge in [0.1, 0.15) is 0 Å². The molecule has 3 aromatic rings. The van der Waals surface area contributed by atoms with Crippen LogP contribution in [0.2, 0.25) is 0 Å². The first-order valence-electron chi connectivity index (χ1n) is 9.46. The van der Waals surface area contributed by atoms with Gasteiger partial charge in [-0.25, -0.2) is 4.98 Å². The van der Waals surface area contributed by atoms with Crippen LogP contribution in [0, 0.1) is 12.8 Å². The van der Waals surface area contributed by atoms with Crippen molar-refractivity contribution in [1.29, 1.82) is 0 Å². The van der Waals surface area contributed by atoms with Gasteiger partial charge in [0.15, 0.2) is 5.65 Å². The fourth-order valence-corrected chi connectivity index (χ4v) is 3.81. The molecule has 1 saturated heterocycles. The Labute approximate surface area is 183 Å². The van der Waals surface area contributed by atoms with E-state index in [2.05, 4.69) is 22.7 Å². The number of aryl methyl sites for hydroxylation is 2. The third-order valence-corrected chi connectivity index (χ3v) is 5.43. The lowest BCUT2D eigenvalue weighted by atomic mass is 9.94. The zero-order valence-corrected chi connectivity index (χ0v) is 18.4. The topological polar surface area (TPSA) is 71.8 Å². The number of fused-ring (bicyclic) bond motifs is 1. The van der Waals surface area contributed by atoms with E-state index in [1.54, 1.807) is 4.68 Å². The molecule has 29 heavy (non-hydrogen) atoms. The van der Waals surface area contributed by atoms with Crippen molar-refractivity contribution in [2.45, 2.75) is 26.3 Å². The molecule has 1 aromatic carbocycles. The van der Waals surface area contributed by atoms with Crippen molar-refractivity contribution in [2.24, 2.45) is 13.0 Å². The lowest BCUT2D eigenvalue weighted by Crippen LogP contribution is -2.50. The highest BCUT2D eigenvalue weighted by atomic mass is 35.5. The third-order valence-electron chi connectivity index (χ3n) is 5.43. The number of pyridine rings is 1. The normalized spacial score (nSPS) is 18.6. The van der Waals surface area contributed by atoms with Crippen LogP contribution in [-0.4, -0.2) is 39.8 Å². The Kier molecular flexibility index (Phi) is 7.63. The van der Waals surface area contributed by atoms with Crippen LogP contribution >= 0.6 is 24.8 Å². The molecule has 4 rings (SSSR count). The van der Waals surface area contributed by atoms with Crippen molar-refractivity contribution in [3.63, 3.8) is 0 Å². The highest BCUT2D eigenvalue weighted by Gasteiger charge is 2.25. The molecule has 1 amide bonds. The van der Waals surface area contributed by atoms with Crippen LogP contribution < -0.4 is 10.6 Å². The summed E-state index contributed by atoms with van der Waals surface area (Å²) < 4.78 is 1.75. The lowest BCUT2D eigenvalue weighted by molar-refractivity contribution is 0.0917. The molecule has 8 heteroatoms. The SMILES string of the molecule is Cc1nn(C)c2nc(-c3ccccc3)cc(C(=O)NC3CNCCC3C)c12.Cl.Cl. The second kappa shape index (κ2) is 9.57. The van der Waals surface area contributed by atoms with Crippen molar-refractivity contribution in [3.8, 4) is 11.3 Å². The largest absolute Gasteiger partial charge is 0.348 e. The summed E-state index contributed by atoms with van der Waals surface area (Å²) in [4.78, 5) is 18.0. The Morgan fingerprint density at radius 1 is 1.24 bits per heavy atom. The van der Waals surface area contributed by atoms with Gasteiger partial charge < -0.3 is 10.6 Å². The van der Waals surface area contributed by atoms with E-state index >= 15 is 0 Å². The van der Waals surface area contributed by atoms with Crippen molar-refractivity contribution < 1.29 is 4.79 Å². The van der Waals surface area contributed by atoms with Crippen molar-refractivity contribution in [1.82, 2.24) is 25.4 Å². The van der Waals surface area contributed by atoms with Crippen LogP contribution in [0.1, 0.15) is 29.4 Å². The molecule has 2 aromatic heterocycles. The molecular formula is C21H27Cl2N5O. The van der Waals surface area contributed by atoms with Crippen LogP contribution in [0.4, 0.5) is 0 Å². The number of hydrogen-bond donors (Lipinski definition) is 2. The summed E-state index contributed by atoms with van der Waals surface area (Å²) in [5.41, 5.74) is 3.96. The van der Waals surface area contributed by atoms with E-state index in [1.165, 1.54) is 0 Å². The summed E-state index contributed by atoms with van der Waals surface area (Å²) >= 11 is 0. The molecule has 1 aliphatic rings. The Morgan fingerprint density at radius 2 is 1.97 bits per heavy atom. The third kappa shape index (κ3) is 4.55. The van der Waals surface area contributed by atoms with Gasteiger partial charge in [-0.3, -0.25) is 9.48 Å². The molecule has 3 heterocycles. The molecule has 0 saturated carbocycles. The molecular weight excluding hydrogens is 409 g/mol. The number of nitrogens with one attached hydrogen (secondary N) is 2. The average molecular weight is 436 g/mol. The first-order valence-corrected chi connectivity index (χ1v) is 9.46. The summed E-state index contributed by atoms with van der Waals surface area (Å²) in [5, 5.41) is 11.9. The van der Waals surface area contributed by atoms with Crippen molar-refractivity contribution in [2.75, 3.05) is 13.1 Å². The fourth-order valence-electron chi connectivity index (χ4n) is 3.81. The standard InChI is InChI=1S/C21H25N5O.2ClH/c1-13-9-10-22-12-18(13)24-21(27)16-11-17(15-7-5-4-6-8-15)23-20-19(16)14(2)25-26(20)3;;/h4-8,11,13,18,22H,9-10,12H2,1-3H3,(H,24,27);2*1H. The predicted octanol–water partition coefficient (Wildman–Crippen LogP) is 3.52. The van der Waals surface area contributed by atoms with Gasteiger partial charge in [0.05, 0.1) is 22.3 Å². The van der Waals surface area contributed by atoms with Crippen LogP contribution in [-0.2, 0) is 7.05 Å². The number of benzene rings is 1. The van der Waals surface area contributed by atoms with Crippen molar-refractivity contribution in [3.05, 3.63) is 47.7 Å². The van der Waals surface area contributed by atoms with E-state index in [9.17, 15) is 4.79 Å². The molecule has 156 valence electrons. The van der Waals surface area contributed by atoms with Crippen LogP contribution in [0.25, 0.3) is 22.3 Å². The van der Waals surface area contributed by atoms with Gasteiger partial charge in [0, 0.05) is 25.2 Å². The second-order valence-corrected chi connectivity index (χ2v) is 7.38. The summed E-state index contributed by atoms with van der Waals surface area (Å²) in [7, 11) is 1.87. The Bertz CT molecular complexity index is 990. The Balaban J connectivity index is 0.00000150. The van der Waals surface area contributed by atoms with E-state index in [0.717, 1.165) is 47.5 Å². The van der Waals surface area contributed by atoms with Crippen LogP contribution in [0.5, 0.6) is 0 Å². The maximum atomic E-state index is 13.2. The van der Waals surface area contributed by atoms with Gasteiger partial charge in [-0.2, -0.15) is 5.10 Å². The van der Waals surface area contributed by atoms with E-state index in [4.69, 9.17) is 4.98 Å². The van der Waals surface area contributed by atoms with Gasteiger partial charge >= 0.3 is 0 Å². The number of halogens is 2. The number of rotatable bonds is 3. The monoisotopic (exact) mass is 435 g/mol. The van der Waals surface area contributed by atoms with E-state index in [1.807, 2.05) is 50.4 Å². The number of nitrogens with zero attached hydrogens (tertiary/aromatic N) is 3. The maximum Gasteiger partial charge on any atom is 0.252 e. The molecule has 0 aliphatic carbocycles. The maximum absolute atomic E-state index is 13.2. The molecule has 2 N–H and O–H groups in total.